The zero-order valence-corrected chi connectivity index (χ0v) is 13.7. The SMILES string of the molecule is O=C(CCc1ccc(F)cc1)N1CCOC(Cc2ccccc2)C1. The quantitative estimate of drug-likeness (QED) is 0.844. The van der Waals surface area contributed by atoms with Crippen molar-refractivity contribution in [2.75, 3.05) is 19.7 Å². The number of amides is 1. The molecule has 1 aliphatic heterocycles. The Morgan fingerprint density at radius 1 is 1.08 bits per heavy atom. The highest BCUT2D eigenvalue weighted by molar-refractivity contribution is 5.76. The number of carbonyl (C=O) groups is 1. The molecule has 0 saturated carbocycles. The molecular weight excluding hydrogens is 305 g/mol. The van der Waals surface area contributed by atoms with Crippen LogP contribution in [0.2, 0.25) is 0 Å². The van der Waals surface area contributed by atoms with Gasteiger partial charge in [-0.1, -0.05) is 42.5 Å². The molecule has 2 aromatic rings. The van der Waals surface area contributed by atoms with Crippen LogP contribution in [0.15, 0.2) is 54.6 Å². The van der Waals surface area contributed by atoms with E-state index in [4.69, 9.17) is 4.74 Å². The van der Waals surface area contributed by atoms with Crippen LogP contribution >= 0.6 is 0 Å². The number of ether oxygens (including phenoxy) is 1. The summed E-state index contributed by atoms with van der Waals surface area (Å²) in [6, 6.07) is 16.5. The van der Waals surface area contributed by atoms with E-state index in [-0.39, 0.29) is 17.8 Å². The normalized spacial score (nSPS) is 17.7. The van der Waals surface area contributed by atoms with Gasteiger partial charge in [-0.05, 0) is 29.7 Å². The van der Waals surface area contributed by atoms with E-state index in [1.165, 1.54) is 17.7 Å². The van der Waals surface area contributed by atoms with Gasteiger partial charge in [0.15, 0.2) is 0 Å². The first kappa shape index (κ1) is 16.7. The largest absolute Gasteiger partial charge is 0.374 e. The molecular formula is C20H22FNO2. The first-order valence-electron chi connectivity index (χ1n) is 8.38. The second-order valence-electron chi connectivity index (χ2n) is 6.15. The molecule has 1 fully saturated rings. The molecule has 24 heavy (non-hydrogen) atoms. The number of hydrogen-bond acceptors (Lipinski definition) is 2. The Kier molecular flexibility index (Phi) is 5.59. The van der Waals surface area contributed by atoms with Gasteiger partial charge in [0.25, 0.3) is 0 Å². The minimum atomic E-state index is -0.248. The van der Waals surface area contributed by atoms with Crippen molar-refractivity contribution in [2.45, 2.75) is 25.4 Å². The average Bonchev–Trinajstić information content (AvgIpc) is 2.62. The molecule has 0 aliphatic carbocycles. The molecule has 0 spiro atoms. The van der Waals surface area contributed by atoms with Crippen molar-refractivity contribution in [1.82, 2.24) is 4.90 Å². The zero-order chi connectivity index (χ0) is 16.8. The Hall–Kier alpha value is -2.20. The monoisotopic (exact) mass is 327 g/mol. The van der Waals surface area contributed by atoms with E-state index in [0.29, 0.717) is 32.5 Å². The number of carbonyl (C=O) groups excluding carboxylic acids is 1. The Morgan fingerprint density at radius 2 is 1.83 bits per heavy atom. The second kappa shape index (κ2) is 8.06. The molecule has 1 unspecified atom stereocenters. The molecule has 0 bridgehead atoms. The molecule has 3 nitrogen and oxygen atoms in total. The van der Waals surface area contributed by atoms with Crippen LogP contribution in [0.1, 0.15) is 17.5 Å². The highest BCUT2D eigenvalue weighted by Gasteiger charge is 2.24. The lowest BCUT2D eigenvalue weighted by molar-refractivity contribution is -0.138. The van der Waals surface area contributed by atoms with Crippen LogP contribution in [-0.4, -0.2) is 36.6 Å². The number of hydrogen-bond donors (Lipinski definition) is 0. The van der Waals surface area contributed by atoms with E-state index in [1.54, 1.807) is 12.1 Å². The number of aryl methyl sites for hydroxylation is 1. The van der Waals surface area contributed by atoms with Gasteiger partial charge in [-0.2, -0.15) is 0 Å². The summed E-state index contributed by atoms with van der Waals surface area (Å²) in [6.45, 7) is 1.87. The minimum absolute atomic E-state index is 0.0518. The number of rotatable bonds is 5. The summed E-state index contributed by atoms with van der Waals surface area (Å²) in [5, 5.41) is 0. The van der Waals surface area contributed by atoms with Gasteiger partial charge >= 0.3 is 0 Å². The Labute approximate surface area is 142 Å². The maximum absolute atomic E-state index is 12.9. The predicted molar refractivity (Wildman–Crippen MR) is 91.2 cm³/mol. The summed E-state index contributed by atoms with van der Waals surface area (Å²) >= 11 is 0. The standard InChI is InChI=1S/C20H22FNO2/c21-18-9-6-16(7-10-18)8-11-20(23)22-12-13-24-19(15-22)14-17-4-2-1-3-5-17/h1-7,9-10,19H,8,11-15H2. The second-order valence-corrected chi connectivity index (χ2v) is 6.15. The third kappa shape index (κ3) is 4.65. The lowest BCUT2D eigenvalue weighted by Gasteiger charge is -2.33. The maximum atomic E-state index is 12.9. The van der Waals surface area contributed by atoms with E-state index in [0.717, 1.165) is 12.0 Å². The molecule has 3 rings (SSSR count). The van der Waals surface area contributed by atoms with Crippen LogP contribution in [0, 0.1) is 5.82 Å². The molecule has 1 saturated heterocycles. The third-order valence-corrected chi connectivity index (χ3v) is 4.34. The number of halogens is 1. The van der Waals surface area contributed by atoms with E-state index >= 15 is 0 Å². The van der Waals surface area contributed by atoms with Crippen LogP contribution in [0.3, 0.4) is 0 Å². The summed E-state index contributed by atoms with van der Waals surface area (Å²) in [6.07, 6.45) is 1.96. The van der Waals surface area contributed by atoms with Gasteiger partial charge < -0.3 is 9.64 Å². The molecule has 0 radical (unpaired) electrons. The van der Waals surface area contributed by atoms with E-state index < -0.39 is 0 Å². The molecule has 4 heteroatoms. The Balaban J connectivity index is 1.50. The molecule has 1 aliphatic rings. The van der Waals surface area contributed by atoms with Crippen molar-refractivity contribution in [3.63, 3.8) is 0 Å². The molecule has 1 atom stereocenters. The molecule has 126 valence electrons. The topological polar surface area (TPSA) is 29.5 Å². The highest BCUT2D eigenvalue weighted by atomic mass is 19.1. The van der Waals surface area contributed by atoms with Crippen LogP contribution in [0.4, 0.5) is 4.39 Å². The fourth-order valence-electron chi connectivity index (χ4n) is 3.01. The summed E-state index contributed by atoms with van der Waals surface area (Å²) < 4.78 is 18.7. The lowest BCUT2D eigenvalue weighted by Crippen LogP contribution is -2.46. The third-order valence-electron chi connectivity index (χ3n) is 4.34. The first-order chi connectivity index (χ1) is 11.7. The zero-order valence-electron chi connectivity index (χ0n) is 13.7. The number of benzene rings is 2. The molecule has 0 aromatic heterocycles. The summed E-state index contributed by atoms with van der Waals surface area (Å²) in [5.74, 6) is -0.109. The van der Waals surface area contributed by atoms with Crippen LogP contribution in [0.25, 0.3) is 0 Å². The number of morpholine rings is 1. The van der Waals surface area contributed by atoms with E-state index in [9.17, 15) is 9.18 Å². The Morgan fingerprint density at radius 3 is 2.58 bits per heavy atom. The minimum Gasteiger partial charge on any atom is -0.374 e. The highest BCUT2D eigenvalue weighted by Crippen LogP contribution is 2.14. The van der Waals surface area contributed by atoms with Gasteiger partial charge in [0.05, 0.1) is 12.7 Å². The summed E-state index contributed by atoms with van der Waals surface area (Å²) in [4.78, 5) is 14.3. The van der Waals surface area contributed by atoms with Crippen LogP contribution < -0.4 is 0 Å². The molecule has 1 heterocycles. The fourth-order valence-corrected chi connectivity index (χ4v) is 3.01. The van der Waals surface area contributed by atoms with Gasteiger partial charge in [0, 0.05) is 25.9 Å². The smallest absolute Gasteiger partial charge is 0.223 e. The number of nitrogens with zero attached hydrogens (tertiary/aromatic N) is 1. The van der Waals surface area contributed by atoms with E-state index in [2.05, 4.69) is 12.1 Å². The van der Waals surface area contributed by atoms with Crippen molar-refractivity contribution in [2.24, 2.45) is 0 Å². The first-order valence-corrected chi connectivity index (χ1v) is 8.38. The van der Waals surface area contributed by atoms with E-state index in [1.807, 2.05) is 23.1 Å². The average molecular weight is 327 g/mol. The van der Waals surface area contributed by atoms with Gasteiger partial charge in [0.1, 0.15) is 5.82 Å². The predicted octanol–water partition coefficient (Wildman–Crippen LogP) is 3.23. The molecule has 1 amide bonds. The Bertz CT molecular complexity index is 657. The van der Waals surface area contributed by atoms with Crippen molar-refractivity contribution in [1.29, 1.82) is 0 Å². The van der Waals surface area contributed by atoms with Gasteiger partial charge in [-0.3, -0.25) is 4.79 Å². The lowest BCUT2D eigenvalue weighted by atomic mass is 10.1. The fraction of sp³-hybridized carbons (Fsp3) is 0.350. The van der Waals surface area contributed by atoms with Gasteiger partial charge in [-0.15, -0.1) is 0 Å². The van der Waals surface area contributed by atoms with Crippen molar-refractivity contribution >= 4 is 5.91 Å². The van der Waals surface area contributed by atoms with Crippen LogP contribution in [0.5, 0.6) is 0 Å². The van der Waals surface area contributed by atoms with Crippen molar-refractivity contribution in [3.05, 3.63) is 71.5 Å². The van der Waals surface area contributed by atoms with Crippen LogP contribution in [-0.2, 0) is 22.4 Å². The van der Waals surface area contributed by atoms with Crippen molar-refractivity contribution < 1.29 is 13.9 Å². The summed E-state index contributed by atoms with van der Waals surface area (Å²) in [7, 11) is 0. The molecule has 0 N–H and O–H groups in total. The van der Waals surface area contributed by atoms with Gasteiger partial charge in [0.2, 0.25) is 5.91 Å². The molecule has 2 aromatic carbocycles. The van der Waals surface area contributed by atoms with Crippen molar-refractivity contribution in [3.8, 4) is 0 Å². The van der Waals surface area contributed by atoms with Gasteiger partial charge in [-0.25, -0.2) is 4.39 Å². The maximum Gasteiger partial charge on any atom is 0.223 e. The summed E-state index contributed by atoms with van der Waals surface area (Å²) in [5.41, 5.74) is 2.21.